The lowest BCUT2D eigenvalue weighted by Crippen LogP contribution is -2.17. The lowest BCUT2D eigenvalue weighted by atomic mass is 10.2. The Balaban J connectivity index is 2.15. The molecule has 0 atom stereocenters. The molecular formula is C18H17BrN2O2S. The first-order chi connectivity index (χ1) is 11.6. The van der Waals surface area contributed by atoms with E-state index in [2.05, 4.69) is 32.4 Å². The molecule has 1 heterocycles. The van der Waals surface area contributed by atoms with Gasteiger partial charge < -0.3 is 9.30 Å². The van der Waals surface area contributed by atoms with Gasteiger partial charge in [-0.3, -0.25) is 4.79 Å². The third-order valence-electron chi connectivity index (χ3n) is 3.64. The summed E-state index contributed by atoms with van der Waals surface area (Å²) in [7, 11) is 1.65. The van der Waals surface area contributed by atoms with Crippen molar-refractivity contribution < 1.29 is 9.53 Å². The molecule has 24 heavy (non-hydrogen) atoms. The lowest BCUT2D eigenvalue weighted by molar-refractivity contribution is 0.0997. The molecule has 0 bridgehead atoms. The summed E-state index contributed by atoms with van der Waals surface area (Å²) in [4.78, 5) is 17.6. The van der Waals surface area contributed by atoms with E-state index < -0.39 is 0 Å². The van der Waals surface area contributed by atoms with Crippen molar-refractivity contribution in [1.29, 1.82) is 0 Å². The molecule has 1 amide bonds. The summed E-state index contributed by atoms with van der Waals surface area (Å²) < 4.78 is 9.19. The minimum absolute atomic E-state index is 0.245. The van der Waals surface area contributed by atoms with Gasteiger partial charge in [0, 0.05) is 11.0 Å². The van der Waals surface area contributed by atoms with Crippen molar-refractivity contribution in [3.8, 4) is 5.75 Å². The van der Waals surface area contributed by atoms with Crippen molar-refractivity contribution in [3.63, 3.8) is 0 Å². The Morgan fingerprint density at radius 1 is 1.29 bits per heavy atom. The fourth-order valence-electron chi connectivity index (χ4n) is 2.49. The second-order valence-electron chi connectivity index (χ2n) is 5.27. The number of methoxy groups -OCH3 is 1. The Labute approximate surface area is 152 Å². The maximum atomic E-state index is 12.6. The van der Waals surface area contributed by atoms with Gasteiger partial charge in [0.1, 0.15) is 5.75 Å². The number of fused-ring (bicyclic) bond motifs is 1. The van der Waals surface area contributed by atoms with Crippen LogP contribution in [0, 0.1) is 0 Å². The summed E-state index contributed by atoms with van der Waals surface area (Å²) in [5, 5.41) is 0. The Morgan fingerprint density at radius 3 is 2.79 bits per heavy atom. The van der Waals surface area contributed by atoms with E-state index in [9.17, 15) is 4.79 Å². The van der Waals surface area contributed by atoms with Crippen molar-refractivity contribution in [2.24, 2.45) is 4.99 Å². The first-order valence-corrected chi connectivity index (χ1v) is 9.26. The number of rotatable bonds is 4. The van der Waals surface area contributed by atoms with E-state index in [1.807, 2.05) is 36.4 Å². The topological polar surface area (TPSA) is 43.6 Å². The molecule has 0 N–H and O–H groups in total. The molecule has 0 aliphatic carbocycles. The molecule has 4 nitrogen and oxygen atoms in total. The second kappa shape index (κ2) is 7.32. The zero-order valence-corrected chi connectivity index (χ0v) is 15.9. The van der Waals surface area contributed by atoms with E-state index in [1.54, 1.807) is 13.2 Å². The van der Waals surface area contributed by atoms with Crippen molar-refractivity contribution in [3.05, 3.63) is 57.3 Å². The van der Waals surface area contributed by atoms with Crippen LogP contribution in [0.4, 0.5) is 0 Å². The van der Waals surface area contributed by atoms with Gasteiger partial charge in [-0.15, -0.1) is 0 Å². The predicted octanol–water partition coefficient (Wildman–Crippen LogP) is 4.63. The number of hydrogen-bond donors (Lipinski definition) is 0. The normalized spacial score (nSPS) is 11.9. The third-order valence-corrected chi connectivity index (χ3v) is 5.37. The molecule has 1 aromatic heterocycles. The van der Waals surface area contributed by atoms with E-state index >= 15 is 0 Å². The minimum Gasteiger partial charge on any atom is -0.497 e. The quantitative estimate of drug-likeness (QED) is 0.636. The molecule has 0 saturated carbocycles. The average molecular weight is 405 g/mol. The van der Waals surface area contributed by atoms with Crippen LogP contribution in [0.25, 0.3) is 10.2 Å². The molecule has 0 saturated heterocycles. The van der Waals surface area contributed by atoms with Crippen molar-refractivity contribution in [2.45, 2.75) is 19.9 Å². The van der Waals surface area contributed by atoms with Crippen LogP contribution in [0.1, 0.15) is 23.7 Å². The fourth-order valence-corrected chi connectivity index (χ4v) is 4.02. The van der Waals surface area contributed by atoms with Gasteiger partial charge in [-0.2, -0.15) is 4.99 Å². The van der Waals surface area contributed by atoms with Gasteiger partial charge in [0.2, 0.25) is 0 Å². The van der Waals surface area contributed by atoms with Gasteiger partial charge in [-0.05, 0) is 52.7 Å². The maximum Gasteiger partial charge on any atom is 0.280 e. The van der Waals surface area contributed by atoms with Crippen molar-refractivity contribution in [1.82, 2.24) is 4.57 Å². The van der Waals surface area contributed by atoms with E-state index in [-0.39, 0.29) is 5.91 Å². The minimum atomic E-state index is -0.245. The van der Waals surface area contributed by atoms with Crippen LogP contribution in [0.15, 0.2) is 51.9 Å². The molecule has 0 aliphatic rings. The van der Waals surface area contributed by atoms with Crippen LogP contribution in [0.2, 0.25) is 0 Å². The van der Waals surface area contributed by atoms with Gasteiger partial charge in [-0.25, -0.2) is 0 Å². The van der Waals surface area contributed by atoms with Crippen molar-refractivity contribution in [2.75, 3.05) is 7.11 Å². The third kappa shape index (κ3) is 3.30. The summed E-state index contributed by atoms with van der Waals surface area (Å²) in [5.41, 5.74) is 1.64. The summed E-state index contributed by atoms with van der Waals surface area (Å²) in [6, 6.07) is 13.3. The van der Waals surface area contributed by atoms with E-state index in [1.165, 1.54) is 11.3 Å². The molecule has 0 radical (unpaired) electrons. The Kier molecular flexibility index (Phi) is 5.16. The summed E-state index contributed by atoms with van der Waals surface area (Å²) in [6.07, 6.45) is 0.967. The SMILES string of the molecule is CCCn1c(=NC(=O)c2ccccc2Br)sc2cc(OC)ccc21. The first-order valence-electron chi connectivity index (χ1n) is 7.65. The van der Waals surface area contributed by atoms with Gasteiger partial charge in [-0.1, -0.05) is 30.4 Å². The highest BCUT2D eigenvalue weighted by atomic mass is 79.9. The highest BCUT2D eigenvalue weighted by Gasteiger charge is 2.11. The zero-order chi connectivity index (χ0) is 17.1. The summed E-state index contributed by atoms with van der Waals surface area (Å²) >= 11 is 4.91. The molecular weight excluding hydrogens is 388 g/mol. The number of aryl methyl sites for hydroxylation is 1. The molecule has 0 spiro atoms. The number of carbonyl (C=O) groups is 1. The van der Waals surface area contributed by atoms with Crippen LogP contribution < -0.4 is 9.54 Å². The number of hydrogen-bond acceptors (Lipinski definition) is 3. The fraction of sp³-hybridized carbons (Fsp3) is 0.222. The standard InChI is InChI=1S/C18H17BrN2O2S/c1-3-10-21-15-9-8-12(23-2)11-16(15)24-18(21)20-17(22)13-6-4-5-7-14(13)19/h4-9,11H,3,10H2,1-2H3. The van der Waals surface area contributed by atoms with E-state index in [4.69, 9.17) is 4.74 Å². The molecule has 2 aromatic carbocycles. The average Bonchev–Trinajstić information content (AvgIpc) is 2.92. The highest BCUT2D eigenvalue weighted by molar-refractivity contribution is 9.10. The van der Waals surface area contributed by atoms with E-state index in [0.717, 1.165) is 33.4 Å². The maximum absolute atomic E-state index is 12.6. The number of thiazole rings is 1. The largest absolute Gasteiger partial charge is 0.497 e. The number of aromatic nitrogens is 1. The zero-order valence-electron chi connectivity index (χ0n) is 13.5. The highest BCUT2D eigenvalue weighted by Crippen LogP contribution is 2.24. The second-order valence-corrected chi connectivity index (χ2v) is 7.13. The van der Waals surface area contributed by atoms with Crippen molar-refractivity contribution >= 4 is 43.4 Å². The monoisotopic (exact) mass is 404 g/mol. The number of ether oxygens (including phenoxy) is 1. The molecule has 6 heteroatoms. The number of halogens is 1. The number of nitrogens with zero attached hydrogens (tertiary/aromatic N) is 2. The molecule has 3 rings (SSSR count). The number of benzene rings is 2. The van der Waals surface area contributed by atoms with Crippen LogP contribution in [-0.4, -0.2) is 17.6 Å². The molecule has 124 valence electrons. The van der Waals surface area contributed by atoms with Crippen LogP contribution >= 0.6 is 27.3 Å². The Morgan fingerprint density at radius 2 is 2.08 bits per heavy atom. The predicted molar refractivity (Wildman–Crippen MR) is 101 cm³/mol. The van der Waals surface area contributed by atoms with Crippen LogP contribution in [-0.2, 0) is 6.54 Å². The van der Waals surface area contributed by atoms with Gasteiger partial charge >= 0.3 is 0 Å². The van der Waals surface area contributed by atoms with Gasteiger partial charge in [0.15, 0.2) is 4.80 Å². The van der Waals surface area contributed by atoms with Crippen LogP contribution in [0.3, 0.4) is 0 Å². The lowest BCUT2D eigenvalue weighted by Gasteiger charge is -2.04. The molecule has 0 unspecified atom stereocenters. The summed E-state index contributed by atoms with van der Waals surface area (Å²) in [6.45, 7) is 2.92. The first kappa shape index (κ1) is 16.9. The number of carbonyl (C=O) groups excluding carboxylic acids is 1. The molecule has 3 aromatic rings. The Bertz CT molecular complexity index is 959. The van der Waals surface area contributed by atoms with Crippen LogP contribution in [0.5, 0.6) is 5.75 Å². The molecule has 0 fully saturated rings. The smallest absolute Gasteiger partial charge is 0.280 e. The van der Waals surface area contributed by atoms with Gasteiger partial charge in [0.05, 0.1) is 22.9 Å². The Hall–Kier alpha value is -1.92. The van der Waals surface area contributed by atoms with E-state index in [0.29, 0.717) is 10.4 Å². The number of amides is 1. The molecule has 0 aliphatic heterocycles. The summed E-state index contributed by atoms with van der Waals surface area (Å²) in [5.74, 6) is 0.557. The van der Waals surface area contributed by atoms with Gasteiger partial charge in [0.25, 0.3) is 5.91 Å².